The Bertz CT molecular complexity index is 610. The summed E-state index contributed by atoms with van der Waals surface area (Å²) >= 11 is 1.18. The molecule has 0 spiro atoms. The number of rotatable bonds is 3. The van der Waals surface area contributed by atoms with Gasteiger partial charge in [0, 0.05) is 12.7 Å². The molecule has 0 aliphatic heterocycles. The number of aromatic carboxylic acids is 1. The van der Waals surface area contributed by atoms with Crippen molar-refractivity contribution < 1.29 is 9.90 Å². The van der Waals surface area contributed by atoms with E-state index in [1.54, 1.807) is 11.5 Å². The highest BCUT2D eigenvalue weighted by Gasteiger charge is 2.13. The van der Waals surface area contributed by atoms with E-state index in [0.717, 1.165) is 5.82 Å². The third-order valence-electron chi connectivity index (χ3n) is 2.29. The van der Waals surface area contributed by atoms with E-state index >= 15 is 0 Å². The third-order valence-corrected chi connectivity index (χ3v) is 3.19. The molecule has 2 rings (SSSR count). The molecule has 1 N–H and O–H groups in total. The van der Waals surface area contributed by atoms with Crippen molar-refractivity contribution >= 4 is 17.7 Å². The van der Waals surface area contributed by atoms with E-state index in [1.807, 2.05) is 14.0 Å². The largest absolute Gasteiger partial charge is 0.477 e. The number of hydrogen-bond donors (Lipinski definition) is 1. The summed E-state index contributed by atoms with van der Waals surface area (Å²) in [4.78, 5) is 19.0. The highest BCUT2D eigenvalue weighted by atomic mass is 32.2. The standard InChI is InChI=1S/C10H11N5O2S/c1-5-4-7(8(16)17)12-9(11-5)18-10-14-13-6(2)15(10)3/h4H,1-3H3,(H,16,17). The van der Waals surface area contributed by atoms with Gasteiger partial charge < -0.3 is 9.67 Å². The van der Waals surface area contributed by atoms with Crippen LogP contribution in [0.1, 0.15) is 22.0 Å². The van der Waals surface area contributed by atoms with Crippen LogP contribution in [0.25, 0.3) is 0 Å². The van der Waals surface area contributed by atoms with E-state index in [-0.39, 0.29) is 5.69 Å². The molecule has 94 valence electrons. The second kappa shape index (κ2) is 4.73. The maximum atomic E-state index is 10.9. The average molecular weight is 265 g/mol. The molecule has 0 saturated heterocycles. The van der Waals surface area contributed by atoms with Gasteiger partial charge in [0.1, 0.15) is 5.82 Å². The van der Waals surface area contributed by atoms with E-state index in [0.29, 0.717) is 16.0 Å². The normalized spacial score (nSPS) is 10.6. The molecule has 0 amide bonds. The SMILES string of the molecule is Cc1cc(C(=O)O)nc(Sc2nnc(C)n2C)n1. The molecule has 0 unspecified atom stereocenters. The number of nitrogens with zero attached hydrogens (tertiary/aromatic N) is 5. The fourth-order valence-corrected chi connectivity index (χ4v) is 2.10. The summed E-state index contributed by atoms with van der Waals surface area (Å²) in [5.74, 6) is -0.305. The van der Waals surface area contributed by atoms with Crippen LogP contribution in [0.4, 0.5) is 0 Å². The van der Waals surface area contributed by atoms with Crippen molar-refractivity contribution in [3.05, 3.63) is 23.3 Å². The van der Waals surface area contributed by atoms with Gasteiger partial charge in [0.15, 0.2) is 16.0 Å². The van der Waals surface area contributed by atoms with Crippen LogP contribution in [0, 0.1) is 13.8 Å². The molecule has 0 fully saturated rings. The molecule has 0 aromatic carbocycles. The van der Waals surface area contributed by atoms with Gasteiger partial charge in [-0.3, -0.25) is 0 Å². The minimum Gasteiger partial charge on any atom is -0.477 e. The van der Waals surface area contributed by atoms with Crippen molar-refractivity contribution in [1.82, 2.24) is 24.7 Å². The Hall–Kier alpha value is -1.96. The predicted molar refractivity (Wildman–Crippen MR) is 63.6 cm³/mol. The molecule has 18 heavy (non-hydrogen) atoms. The Morgan fingerprint density at radius 2 is 2.06 bits per heavy atom. The first kappa shape index (κ1) is 12.5. The highest BCUT2D eigenvalue weighted by molar-refractivity contribution is 7.99. The molecular weight excluding hydrogens is 254 g/mol. The third kappa shape index (κ3) is 2.48. The summed E-state index contributed by atoms with van der Waals surface area (Å²) < 4.78 is 1.79. The zero-order valence-electron chi connectivity index (χ0n) is 10.1. The molecule has 2 aromatic heterocycles. The number of carboxylic acids is 1. The lowest BCUT2D eigenvalue weighted by Crippen LogP contribution is -2.04. The number of aryl methyl sites for hydroxylation is 2. The van der Waals surface area contributed by atoms with Gasteiger partial charge in [-0.05, 0) is 31.7 Å². The van der Waals surface area contributed by atoms with Crippen molar-refractivity contribution in [2.45, 2.75) is 24.2 Å². The molecule has 2 heterocycles. The molecule has 0 radical (unpaired) electrons. The lowest BCUT2D eigenvalue weighted by Gasteiger charge is -2.02. The minimum absolute atomic E-state index is 0.0242. The van der Waals surface area contributed by atoms with Gasteiger partial charge in [-0.15, -0.1) is 10.2 Å². The fourth-order valence-electron chi connectivity index (χ4n) is 1.25. The van der Waals surface area contributed by atoms with Gasteiger partial charge in [0.05, 0.1) is 0 Å². The van der Waals surface area contributed by atoms with Crippen molar-refractivity contribution in [3.8, 4) is 0 Å². The van der Waals surface area contributed by atoms with Crippen LogP contribution >= 0.6 is 11.8 Å². The van der Waals surface area contributed by atoms with E-state index in [4.69, 9.17) is 5.11 Å². The van der Waals surface area contributed by atoms with Crippen LogP contribution in [-0.4, -0.2) is 35.8 Å². The number of carboxylic acid groups (broad SMARTS) is 1. The summed E-state index contributed by atoms with van der Waals surface area (Å²) in [5.41, 5.74) is 0.577. The van der Waals surface area contributed by atoms with Gasteiger partial charge in [0.25, 0.3) is 0 Å². The number of carbonyl (C=O) groups is 1. The quantitative estimate of drug-likeness (QED) is 0.829. The monoisotopic (exact) mass is 265 g/mol. The highest BCUT2D eigenvalue weighted by Crippen LogP contribution is 2.23. The number of aromatic nitrogens is 5. The zero-order valence-corrected chi connectivity index (χ0v) is 10.9. The molecule has 0 saturated carbocycles. The van der Waals surface area contributed by atoms with E-state index in [2.05, 4.69) is 20.2 Å². The summed E-state index contributed by atoms with van der Waals surface area (Å²) in [6, 6.07) is 1.42. The van der Waals surface area contributed by atoms with Crippen molar-refractivity contribution in [1.29, 1.82) is 0 Å². The Morgan fingerprint density at radius 3 is 2.61 bits per heavy atom. The molecule has 0 aliphatic carbocycles. The lowest BCUT2D eigenvalue weighted by atomic mass is 10.3. The van der Waals surface area contributed by atoms with Gasteiger partial charge in [0.2, 0.25) is 0 Å². The number of hydrogen-bond acceptors (Lipinski definition) is 6. The van der Waals surface area contributed by atoms with Crippen LogP contribution in [0.2, 0.25) is 0 Å². The molecule has 0 bridgehead atoms. The minimum atomic E-state index is -1.07. The molecule has 2 aromatic rings. The van der Waals surface area contributed by atoms with Crippen LogP contribution in [0.5, 0.6) is 0 Å². The molecule has 0 atom stereocenters. The average Bonchev–Trinajstić information content (AvgIpc) is 2.60. The maximum Gasteiger partial charge on any atom is 0.354 e. The van der Waals surface area contributed by atoms with Crippen molar-refractivity contribution in [2.75, 3.05) is 0 Å². The smallest absolute Gasteiger partial charge is 0.354 e. The maximum absolute atomic E-state index is 10.9. The van der Waals surface area contributed by atoms with E-state index in [1.165, 1.54) is 17.8 Å². The van der Waals surface area contributed by atoms with Gasteiger partial charge in [-0.25, -0.2) is 14.8 Å². The Labute approximate surface area is 107 Å². The molecular formula is C10H11N5O2S. The van der Waals surface area contributed by atoms with Gasteiger partial charge in [-0.1, -0.05) is 0 Å². The molecule has 0 aliphatic rings. The fraction of sp³-hybridized carbons (Fsp3) is 0.300. The molecule has 7 nitrogen and oxygen atoms in total. The topological polar surface area (TPSA) is 93.8 Å². The summed E-state index contributed by atoms with van der Waals surface area (Å²) in [6.07, 6.45) is 0. The first-order chi connectivity index (χ1) is 8.47. The van der Waals surface area contributed by atoms with Crippen LogP contribution < -0.4 is 0 Å². The van der Waals surface area contributed by atoms with Crippen molar-refractivity contribution in [2.24, 2.45) is 7.05 Å². The summed E-state index contributed by atoms with van der Waals surface area (Å²) in [6.45, 7) is 3.55. The Morgan fingerprint density at radius 1 is 1.33 bits per heavy atom. The Balaban J connectivity index is 2.34. The predicted octanol–water partition coefficient (Wildman–Crippen LogP) is 1.07. The van der Waals surface area contributed by atoms with Gasteiger partial charge >= 0.3 is 5.97 Å². The zero-order chi connectivity index (χ0) is 13.3. The van der Waals surface area contributed by atoms with Gasteiger partial charge in [-0.2, -0.15) is 0 Å². The lowest BCUT2D eigenvalue weighted by molar-refractivity contribution is 0.0689. The van der Waals surface area contributed by atoms with E-state index in [9.17, 15) is 4.79 Å². The second-order valence-corrected chi connectivity index (χ2v) is 4.61. The summed E-state index contributed by atoms with van der Waals surface area (Å²) in [7, 11) is 1.82. The first-order valence-electron chi connectivity index (χ1n) is 5.10. The van der Waals surface area contributed by atoms with Crippen LogP contribution in [0.3, 0.4) is 0 Å². The van der Waals surface area contributed by atoms with Crippen LogP contribution in [0.15, 0.2) is 16.4 Å². The Kier molecular flexibility index (Phi) is 3.28. The second-order valence-electron chi connectivity index (χ2n) is 3.67. The molecule has 8 heteroatoms. The van der Waals surface area contributed by atoms with Crippen LogP contribution in [-0.2, 0) is 7.05 Å². The first-order valence-corrected chi connectivity index (χ1v) is 5.92. The van der Waals surface area contributed by atoms with E-state index < -0.39 is 5.97 Å². The summed E-state index contributed by atoms with van der Waals surface area (Å²) in [5, 5.41) is 17.8. The van der Waals surface area contributed by atoms with Crippen molar-refractivity contribution in [3.63, 3.8) is 0 Å².